The number of carbonyl (C=O) groups is 1. The summed E-state index contributed by atoms with van der Waals surface area (Å²) in [6, 6.07) is 15.4. The van der Waals surface area contributed by atoms with Gasteiger partial charge in [-0.1, -0.05) is 47.1 Å². The summed E-state index contributed by atoms with van der Waals surface area (Å²) < 4.78 is 6.07. The van der Waals surface area contributed by atoms with Crippen LogP contribution < -0.4 is 5.32 Å². The van der Waals surface area contributed by atoms with Gasteiger partial charge in [-0.15, -0.1) is 0 Å². The highest BCUT2D eigenvalue weighted by Crippen LogP contribution is 2.21. The molecule has 0 spiro atoms. The molecule has 0 aliphatic carbocycles. The highest BCUT2D eigenvalue weighted by molar-refractivity contribution is 9.10. The maximum Gasteiger partial charge on any atom is 0.227 e. The number of benzene rings is 2. The summed E-state index contributed by atoms with van der Waals surface area (Å²) in [5, 5.41) is 6.82. The number of para-hydroxylation sites is 1. The van der Waals surface area contributed by atoms with Gasteiger partial charge < -0.3 is 9.84 Å². The van der Waals surface area contributed by atoms with Gasteiger partial charge in [-0.25, -0.2) is 0 Å². The van der Waals surface area contributed by atoms with Crippen molar-refractivity contribution in [2.45, 2.75) is 19.8 Å². The first-order valence-corrected chi connectivity index (χ1v) is 8.35. The van der Waals surface area contributed by atoms with Crippen LogP contribution in [-0.4, -0.2) is 16.0 Å². The van der Waals surface area contributed by atoms with Crippen LogP contribution in [0.2, 0.25) is 0 Å². The Labute approximate surface area is 148 Å². The fourth-order valence-corrected chi connectivity index (χ4v) is 2.56. The van der Waals surface area contributed by atoms with E-state index in [1.807, 2.05) is 55.5 Å². The summed E-state index contributed by atoms with van der Waals surface area (Å²) in [7, 11) is 0. The van der Waals surface area contributed by atoms with E-state index in [0.717, 1.165) is 15.7 Å². The van der Waals surface area contributed by atoms with Gasteiger partial charge in [0.2, 0.25) is 17.6 Å². The minimum atomic E-state index is -0.100. The summed E-state index contributed by atoms with van der Waals surface area (Å²) in [6.07, 6.45) is 0.673. The van der Waals surface area contributed by atoms with Crippen LogP contribution in [0.4, 0.5) is 5.69 Å². The SMILES string of the molecule is Cc1ccc(-c2noc(CCC(=O)Nc3ccccc3Br)n2)cc1. The van der Waals surface area contributed by atoms with Gasteiger partial charge in [0.05, 0.1) is 5.69 Å². The minimum Gasteiger partial charge on any atom is -0.339 e. The molecule has 0 aliphatic heterocycles. The van der Waals surface area contributed by atoms with E-state index in [4.69, 9.17) is 4.52 Å². The molecule has 0 saturated carbocycles. The summed E-state index contributed by atoms with van der Waals surface area (Å²) in [5.74, 6) is 0.890. The lowest BCUT2D eigenvalue weighted by molar-refractivity contribution is -0.116. The van der Waals surface area contributed by atoms with E-state index in [9.17, 15) is 4.79 Å². The van der Waals surface area contributed by atoms with Gasteiger partial charge in [-0.3, -0.25) is 4.79 Å². The molecule has 1 aromatic heterocycles. The number of aromatic nitrogens is 2. The molecule has 6 heteroatoms. The number of hydrogen-bond acceptors (Lipinski definition) is 4. The van der Waals surface area contributed by atoms with Crippen molar-refractivity contribution in [1.82, 2.24) is 10.1 Å². The number of carbonyl (C=O) groups excluding carboxylic acids is 1. The zero-order valence-corrected chi connectivity index (χ0v) is 14.7. The highest BCUT2D eigenvalue weighted by atomic mass is 79.9. The van der Waals surface area contributed by atoms with Crippen molar-refractivity contribution in [3.05, 3.63) is 64.5 Å². The van der Waals surface area contributed by atoms with E-state index < -0.39 is 0 Å². The molecule has 0 atom stereocenters. The molecule has 1 heterocycles. The summed E-state index contributed by atoms with van der Waals surface area (Å²) in [6.45, 7) is 2.02. The van der Waals surface area contributed by atoms with Gasteiger partial charge in [-0.2, -0.15) is 4.98 Å². The Morgan fingerprint density at radius 2 is 1.92 bits per heavy atom. The Morgan fingerprint density at radius 3 is 2.67 bits per heavy atom. The monoisotopic (exact) mass is 385 g/mol. The molecule has 122 valence electrons. The van der Waals surface area contributed by atoms with Crippen LogP contribution in [0.3, 0.4) is 0 Å². The Kier molecular flexibility index (Phi) is 5.05. The first-order chi connectivity index (χ1) is 11.6. The second kappa shape index (κ2) is 7.40. The van der Waals surface area contributed by atoms with Gasteiger partial charge >= 0.3 is 0 Å². The minimum absolute atomic E-state index is 0.100. The fraction of sp³-hybridized carbons (Fsp3) is 0.167. The molecule has 0 bridgehead atoms. The van der Waals surface area contributed by atoms with Crippen LogP contribution >= 0.6 is 15.9 Å². The highest BCUT2D eigenvalue weighted by Gasteiger charge is 2.11. The molecule has 0 fully saturated rings. The van der Waals surface area contributed by atoms with Gasteiger partial charge in [0.15, 0.2) is 0 Å². The summed E-state index contributed by atoms with van der Waals surface area (Å²) >= 11 is 3.40. The average molecular weight is 386 g/mol. The van der Waals surface area contributed by atoms with Gasteiger partial charge in [0.1, 0.15) is 0 Å². The number of nitrogens with one attached hydrogen (secondary N) is 1. The fourth-order valence-electron chi connectivity index (χ4n) is 2.17. The molecule has 3 aromatic rings. The normalized spacial score (nSPS) is 10.6. The molecule has 0 radical (unpaired) electrons. The zero-order chi connectivity index (χ0) is 16.9. The zero-order valence-electron chi connectivity index (χ0n) is 13.1. The average Bonchev–Trinajstić information content (AvgIpc) is 3.05. The van der Waals surface area contributed by atoms with Crippen LogP contribution in [0.1, 0.15) is 17.9 Å². The lowest BCUT2D eigenvalue weighted by Gasteiger charge is -2.05. The van der Waals surface area contributed by atoms with Crippen molar-refractivity contribution in [2.75, 3.05) is 5.32 Å². The van der Waals surface area contributed by atoms with Gasteiger partial charge in [-0.05, 0) is 35.0 Å². The Morgan fingerprint density at radius 1 is 1.17 bits per heavy atom. The van der Waals surface area contributed by atoms with E-state index in [-0.39, 0.29) is 12.3 Å². The van der Waals surface area contributed by atoms with E-state index >= 15 is 0 Å². The van der Waals surface area contributed by atoms with Crippen molar-refractivity contribution in [1.29, 1.82) is 0 Å². The quantitative estimate of drug-likeness (QED) is 0.707. The Balaban J connectivity index is 1.58. The number of nitrogens with zero attached hydrogens (tertiary/aromatic N) is 2. The van der Waals surface area contributed by atoms with E-state index in [2.05, 4.69) is 31.4 Å². The molecule has 1 N–H and O–H groups in total. The predicted octanol–water partition coefficient (Wildman–Crippen LogP) is 4.38. The third-order valence-corrected chi connectivity index (χ3v) is 4.18. The van der Waals surface area contributed by atoms with Crippen molar-refractivity contribution >= 4 is 27.5 Å². The van der Waals surface area contributed by atoms with E-state index in [1.54, 1.807) is 0 Å². The second-order valence-electron chi connectivity index (χ2n) is 5.41. The van der Waals surface area contributed by atoms with Crippen LogP contribution in [0, 0.1) is 6.92 Å². The van der Waals surface area contributed by atoms with Crippen molar-refractivity contribution in [3.8, 4) is 11.4 Å². The molecule has 3 rings (SSSR count). The standard InChI is InChI=1S/C18H16BrN3O2/c1-12-6-8-13(9-7-12)18-21-17(24-22-18)11-10-16(23)20-15-5-3-2-4-14(15)19/h2-9H,10-11H2,1H3,(H,20,23). The van der Waals surface area contributed by atoms with Crippen LogP contribution in [0.25, 0.3) is 11.4 Å². The maximum absolute atomic E-state index is 12.0. The predicted molar refractivity (Wildman–Crippen MR) is 95.6 cm³/mol. The number of amides is 1. The second-order valence-corrected chi connectivity index (χ2v) is 6.26. The van der Waals surface area contributed by atoms with Crippen molar-refractivity contribution < 1.29 is 9.32 Å². The topological polar surface area (TPSA) is 68.0 Å². The Hall–Kier alpha value is -2.47. The van der Waals surface area contributed by atoms with Gasteiger partial charge in [0, 0.05) is 22.9 Å². The molecule has 2 aromatic carbocycles. The summed E-state index contributed by atoms with van der Waals surface area (Å²) in [5.41, 5.74) is 2.81. The van der Waals surface area contributed by atoms with Crippen LogP contribution in [-0.2, 0) is 11.2 Å². The first-order valence-electron chi connectivity index (χ1n) is 7.56. The summed E-state index contributed by atoms with van der Waals surface area (Å²) in [4.78, 5) is 16.4. The number of halogens is 1. The number of anilines is 1. The first kappa shape index (κ1) is 16.4. The Bertz CT molecular complexity index is 843. The third-order valence-electron chi connectivity index (χ3n) is 3.49. The maximum atomic E-state index is 12.0. The van der Waals surface area contributed by atoms with Crippen LogP contribution in [0.15, 0.2) is 57.5 Å². The number of hydrogen-bond donors (Lipinski definition) is 1. The largest absolute Gasteiger partial charge is 0.339 e. The van der Waals surface area contributed by atoms with Crippen molar-refractivity contribution in [3.63, 3.8) is 0 Å². The van der Waals surface area contributed by atoms with Crippen LogP contribution in [0.5, 0.6) is 0 Å². The van der Waals surface area contributed by atoms with Crippen molar-refractivity contribution in [2.24, 2.45) is 0 Å². The molecule has 5 nitrogen and oxygen atoms in total. The molecule has 0 aliphatic rings. The smallest absolute Gasteiger partial charge is 0.227 e. The van der Waals surface area contributed by atoms with Gasteiger partial charge in [0.25, 0.3) is 0 Å². The molecule has 0 saturated heterocycles. The molecule has 0 unspecified atom stereocenters. The molecular weight excluding hydrogens is 370 g/mol. The molecule has 1 amide bonds. The number of rotatable bonds is 5. The number of aryl methyl sites for hydroxylation is 2. The van der Waals surface area contributed by atoms with E-state index in [1.165, 1.54) is 5.56 Å². The lowest BCUT2D eigenvalue weighted by Crippen LogP contribution is -2.12. The third kappa shape index (κ3) is 4.08. The molecule has 24 heavy (non-hydrogen) atoms. The molecular formula is C18H16BrN3O2. The van der Waals surface area contributed by atoms with E-state index in [0.29, 0.717) is 18.1 Å². The lowest BCUT2D eigenvalue weighted by atomic mass is 10.1.